The lowest BCUT2D eigenvalue weighted by atomic mass is 9.97. The van der Waals surface area contributed by atoms with Crippen LogP contribution in [0.5, 0.6) is 0 Å². The molecule has 2 fully saturated rings. The minimum Gasteiger partial charge on any atom is -0.462 e. The van der Waals surface area contributed by atoms with Crippen molar-refractivity contribution in [3.8, 4) is 0 Å². The molecule has 4 aromatic carbocycles. The number of benzene rings is 4. The van der Waals surface area contributed by atoms with Crippen LogP contribution in [-0.4, -0.2) is 126 Å². The normalized spacial score (nSPS) is 19.8. The fourth-order valence-electron chi connectivity index (χ4n) is 10.0. The number of hydrogen-bond acceptors (Lipinski definition) is 14. The Morgan fingerprint density at radius 3 is 1.29 bits per heavy atom. The third-order valence-electron chi connectivity index (χ3n) is 14.5. The van der Waals surface area contributed by atoms with Gasteiger partial charge in [0.05, 0.1) is 59.9 Å². The average Bonchev–Trinajstić information content (AvgIpc) is 2.04. The van der Waals surface area contributed by atoms with Crippen LogP contribution >= 0.6 is 0 Å². The molecule has 474 valence electrons. The summed E-state index contributed by atoms with van der Waals surface area (Å²) in [4.78, 5) is 52.4. The first-order valence-electron chi connectivity index (χ1n) is 30.5. The van der Waals surface area contributed by atoms with Gasteiger partial charge < -0.3 is 47.7 Å². The van der Waals surface area contributed by atoms with Crippen LogP contribution in [0.25, 0.3) is 12.2 Å². The molecular formula is C71H98O14Si2. The molecule has 16 heteroatoms. The van der Waals surface area contributed by atoms with E-state index in [1.54, 1.807) is 74.7 Å². The van der Waals surface area contributed by atoms with E-state index in [1.807, 2.05) is 135 Å². The first-order chi connectivity index (χ1) is 40.8. The predicted molar refractivity (Wildman–Crippen MR) is 351 cm³/mol. The Hall–Kier alpha value is -6.09. The molecule has 2 aliphatic heterocycles. The smallest absolute Gasteiger partial charge is 0.338 e. The third-order valence-corrected chi connectivity index (χ3v) is 17.9. The van der Waals surface area contributed by atoms with Crippen molar-refractivity contribution in [1.82, 2.24) is 0 Å². The number of rotatable bonds is 27. The topological polar surface area (TPSA) is 172 Å². The summed E-state index contributed by atoms with van der Waals surface area (Å²) in [6, 6.07) is 27.5. The van der Waals surface area contributed by atoms with E-state index in [4.69, 9.17) is 42.6 Å². The summed E-state index contributed by atoms with van der Waals surface area (Å²) in [6.45, 7) is 33.3. The van der Waals surface area contributed by atoms with E-state index in [1.165, 1.54) is 0 Å². The van der Waals surface area contributed by atoms with Crippen LogP contribution in [-0.2, 0) is 42.6 Å². The second-order valence-corrected chi connectivity index (χ2v) is 37.5. The van der Waals surface area contributed by atoms with Gasteiger partial charge in [-0.15, -0.1) is 0 Å². The van der Waals surface area contributed by atoms with E-state index in [0.29, 0.717) is 61.2 Å². The zero-order chi connectivity index (χ0) is 64.3. The van der Waals surface area contributed by atoms with Gasteiger partial charge in [0.25, 0.3) is 0 Å². The molecule has 87 heavy (non-hydrogen) atoms. The second kappa shape index (κ2) is 32.9. The third kappa shape index (κ3) is 24.1. The summed E-state index contributed by atoms with van der Waals surface area (Å²) in [6.07, 6.45) is 13.2. The van der Waals surface area contributed by atoms with E-state index in [-0.39, 0.29) is 18.0 Å². The Kier molecular flexibility index (Phi) is 27.1. The van der Waals surface area contributed by atoms with E-state index in [9.17, 15) is 24.3 Å². The van der Waals surface area contributed by atoms with Gasteiger partial charge in [-0.25, -0.2) is 19.2 Å². The highest BCUT2D eigenvalue weighted by atomic mass is 28.3. The van der Waals surface area contributed by atoms with Crippen molar-refractivity contribution in [3.05, 3.63) is 177 Å². The maximum absolute atomic E-state index is 13.2. The van der Waals surface area contributed by atoms with Crippen molar-refractivity contribution in [2.45, 2.75) is 207 Å². The maximum Gasteiger partial charge on any atom is 0.338 e. The Balaban J connectivity index is 0.000000317. The fourth-order valence-corrected chi connectivity index (χ4v) is 11.5. The van der Waals surface area contributed by atoms with Crippen molar-refractivity contribution in [3.63, 3.8) is 0 Å². The molecule has 0 bridgehead atoms. The van der Waals surface area contributed by atoms with Crippen LogP contribution < -0.4 is 0 Å². The van der Waals surface area contributed by atoms with Gasteiger partial charge in [-0.05, 0) is 166 Å². The first kappa shape index (κ1) is 71.7. The van der Waals surface area contributed by atoms with Crippen molar-refractivity contribution in [2.75, 3.05) is 20.3 Å². The molecule has 0 radical (unpaired) electrons. The lowest BCUT2D eigenvalue weighted by Crippen LogP contribution is -2.37. The van der Waals surface area contributed by atoms with E-state index in [0.717, 1.165) is 45.5 Å². The summed E-state index contributed by atoms with van der Waals surface area (Å²) >= 11 is 0. The molecule has 6 unspecified atom stereocenters. The van der Waals surface area contributed by atoms with E-state index < -0.39 is 82.4 Å². The van der Waals surface area contributed by atoms with Gasteiger partial charge in [-0.2, -0.15) is 0 Å². The molecule has 0 amide bonds. The summed E-state index contributed by atoms with van der Waals surface area (Å²) in [7, 11) is -1.00. The number of methoxy groups -OCH3 is 1. The van der Waals surface area contributed by atoms with Gasteiger partial charge in [-0.3, -0.25) is 0 Å². The molecule has 2 aliphatic rings. The monoisotopic (exact) mass is 1230 g/mol. The highest BCUT2D eigenvalue weighted by Crippen LogP contribution is 2.36. The molecule has 0 saturated carbocycles. The Labute approximate surface area is 520 Å². The van der Waals surface area contributed by atoms with E-state index in [2.05, 4.69) is 39.3 Å². The lowest BCUT2D eigenvalue weighted by molar-refractivity contribution is -0.153. The van der Waals surface area contributed by atoms with Gasteiger partial charge in [0.15, 0.2) is 11.6 Å². The van der Waals surface area contributed by atoms with Crippen LogP contribution in [0.1, 0.15) is 142 Å². The summed E-state index contributed by atoms with van der Waals surface area (Å²) in [5, 5.41) is 9.78. The average molecular weight is 1230 g/mol. The number of esters is 4. The van der Waals surface area contributed by atoms with Crippen molar-refractivity contribution in [1.29, 1.82) is 0 Å². The molecule has 2 heterocycles. The number of aliphatic hydroxyl groups excluding tert-OH is 1. The molecule has 4 aromatic rings. The molecule has 0 aliphatic carbocycles. The molecule has 14 nitrogen and oxygen atoms in total. The summed E-state index contributed by atoms with van der Waals surface area (Å²) < 4.78 is 53.9. The largest absolute Gasteiger partial charge is 0.462 e. The standard InChI is InChI=1S/C36H50O7Si.C35H48O7Si/c1-25-23-26(2)32(35(38)40-21-22-44(7,8)9)29(24-25)18-14-20-31-33(43-36(4,5)42-31)30(19-13-15-27(3)39-6)41-34(37)28-16-11-10-12-17-28;1-24-22-25(2)31(34(38)39-20-21-43(6,7)8)28(23-24)17-13-19-30-32(42-35(4,5)41-30)29(18-12-14-26(3)36)40-33(37)27-15-10-9-11-16-27/h10-14,16-19,23-24,27,30-31,33H,15,20-22H2,1-9H3;9-13,15-18,22-23,26,29-30,32,36H,14,19-21H2,1-8H3/b18-14+,19-13-;17-13+,18-12-/t27?,30?,31-,33?;26?,29?,30-,32?/m00/s1. The Morgan fingerprint density at radius 2 is 0.931 bits per heavy atom. The first-order valence-corrected chi connectivity index (χ1v) is 37.9. The summed E-state index contributed by atoms with van der Waals surface area (Å²) in [5.41, 5.74) is 7.48. The number of aliphatic hydroxyl groups is 1. The zero-order valence-electron chi connectivity index (χ0n) is 54.7. The van der Waals surface area contributed by atoms with Crippen molar-refractivity contribution >= 4 is 52.2 Å². The Morgan fingerprint density at radius 1 is 0.552 bits per heavy atom. The van der Waals surface area contributed by atoms with Crippen LogP contribution in [0.4, 0.5) is 0 Å². The molecule has 2 saturated heterocycles. The quantitative estimate of drug-likeness (QED) is 0.0259. The van der Waals surface area contributed by atoms with Gasteiger partial charge in [-0.1, -0.05) is 148 Å². The number of carbonyl (C=O) groups excluding carboxylic acids is 4. The van der Waals surface area contributed by atoms with Crippen LogP contribution in [0.3, 0.4) is 0 Å². The van der Waals surface area contributed by atoms with Gasteiger partial charge in [0.1, 0.15) is 24.4 Å². The molecule has 6 rings (SSSR count). The van der Waals surface area contributed by atoms with Crippen LogP contribution in [0.15, 0.2) is 121 Å². The summed E-state index contributed by atoms with van der Waals surface area (Å²) in [5.74, 6) is -3.30. The van der Waals surface area contributed by atoms with Crippen molar-refractivity contribution < 1.29 is 66.9 Å². The highest BCUT2D eigenvalue weighted by molar-refractivity contribution is 6.76. The van der Waals surface area contributed by atoms with Crippen molar-refractivity contribution in [2.24, 2.45) is 0 Å². The second-order valence-electron chi connectivity index (χ2n) is 26.2. The molecule has 8 atom stereocenters. The number of ether oxygens (including phenoxy) is 9. The molecule has 0 spiro atoms. The molecule has 1 N–H and O–H groups in total. The fraction of sp³-hybridized carbons (Fsp3) is 0.493. The molecule has 0 aromatic heterocycles. The predicted octanol–water partition coefficient (Wildman–Crippen LogP) is 15.2. The number of aryl methyl sites for hydroxylation is 4. The van der Waals surface area contributed by atoms with Gasteiger partial charge >= 0.3 is 23.9 Å². The highest BCUT2D eigenvalue weighted by Gasteiger charge is 2.47. The lowest BCUT2D eigenvalue weighted by Gasteiger charge is -2.24. The minimum absolute atomic E-state index is 0.0156. The van der Waals surface area contributed by atoms with Gasteiger partial charge in [0.2, 0.25) is 0 Å². The number of hydrogen-bond donors (Lipinski definition) is 1. The SMILES string of the molecule is COC(C)C/C=C\C(OC(=O)c1ccccc1)C1OC(C)(C)O[C@H]1C/C=C/c1cc(C)cc(C)c1C(=O)OCC[Si](C)(C)C.Cc1cc(C)c(C(=O)OCC[Si](C)(C)C)c(/C=C/C[C@@H]2OC(C)(C)OC2C(/C=C\CC(C)O)OC(=O)c2ccccc2)c1. The van der Waals surface area contributed by atoms with Crippen LogP contribution in [0, 0.1) is 27.7 Å². The van der Waals surface area contributed by atoms with E-state index >= 15 is 0 Å². The zero-order valence-corrected chi connectivity index (χ0v) is 56.7. The number of carbonyl (C=O) groups is 4. The molecular weight excluding hydrogens is 1130 g/mol. The van der Waals surface area contributed by atoms with Gasteiger partial charge in [0, 0.05) is 23.3 Å². The maximum atomic E-state index is 13.2. The minimum atomic E-state index is -1.33. The van der Waals surface area contributed by atoms with Crippen LogP contribution in [0.2, 0.25) is 51.4 Å². The Bertz CT molecular complexity index is 3010.